The number of carbonyl (C=O) groups is 1. The van der Waals surface area contributed by atoms with Crippen LogP contribution in [0.5, 0.6) is 0 Å². The van der Waals surface area contributed by atoms with Gasteiger partial charge in [-0.25, -0.2) is 8.42 Å². The first-order valence-corrected chi connectivity index (χ1v) is 12.7. The molecule has 0 bridgehead atoms. The van der Waals surface area contributed by atoms with E-state index in [2.05, 4.69) is 22.3 Å². The van der Waals surface area contributed by atoms with Gasteiger partial charge in [-0.2, -0.15) is 0 Å². The normalized spacial score (nSPS) is 14.9. The van der Waals surface area contributed by atoms with Crippen LogP contribution in [0, 0.1) is 13.8 Å². The van der Waals surface area contributed by atoms with Gasteiger partial charge in [0.05, 0.1) is 11.9 Å². The Kier molecular flexibility index (Phi) is 7.73. The maximum absolute atomic E-state index is 12.6. The summed E-state index contributed by atoms with van der Waals surface area (Å²) in [5.74, 6) is -0.329. The fraction of sp³-hybridized carbons (Fsp3) is 0.458. The summed E-state index contributed by atoms with van der Waals surface area (Å²) < 4.78 is 25.8. The van der Waals surface area contributed by atoms with E-state index >= 15 is 0 Å². The van der Waals surface area contributed by atoms with Gasteiger partial charge in [0.15, 0.2) is 0 Å². The number of nitrogens with one attached hydrogen (secondary N) is 1. The van der Waals surface area contributed by atoms with Crippen molar-refractivity contribution < 1.29 is 13.2 Å². The van der Waals surface area contributed by atoms with Crippen molar-refractivity contribution in [2.75, 3.05) is 30.2 Å². The lowest BCUT2D eigenvalue weighted by Gasteiger charge is -2.26. The fourth-order valence-corrected chi connectivity index (χ4v) is 4.73. The van der Waals surface area contributed by atoms with Gasteiger partial charge in [0, 0.05) is 13.1 Å². The second kappa shape index (κ2) is 10.3. The predicted octanol–water partition coefficient (Wildman–Crippen LogP) is 3.37. The molecule has 1 amide bonds. The van der Waals surface area contributed by atoms with Crippen molar-refractivity contribution in [2.24, 2.45) is 0 Å². The summed E-state index contributed by atoms with van der Waals surface area (Å²) in [5, 5.41) is 2.87. The van der Waals surface area contributed by atoms with Crippen LogP contribution in [0.3, 0.4) is 0 Å². The molecule has 31 heavy (non-hydrogen) atoms. The van der Waals surface area contributed by atoms with Crippen LogP contribution in [0.4, 0.5) is 5.69 Å². The van der Waals surface area contributed by atoms with E-state index in [0.717, 1.165) is 46.9 Å². The van der Waals surface area contributed by atoms with Crippen molar-refractivity contribution in [2.45, 2.75) is 46.2 Å². The number of carbonyl (C=O) groups excluding carboxylic acids is 1. The first-order chi connectivity index (χ1) is 14.7. The molecule has 1 aliphatic rings. The highest BCUT2D eigenvalue weighted by molar-refractivity contribution is 7.92. The Morgan fingerprint density at radius 3 is 2.39 bits per heavy atom. The second-order valence-electron chi connectivity index (χ2n) is 8.47. The van der Waals surface area contributed by atoms with Gasteiger partial charge < -0.3 is 5.32 Å². The third-order valence-electron chi connectivity index (χ3n) is 5.80. The van der Waals surface area contributed by atoms with Gasteiger partial charge in [0.25, 0.3) is 0 Å². The molecule has 0 radical (unpaired) electrons. The summed E-state index contributed by atoms with van der Waals surface area (Å²) in [6, 6.07) is 13.6. The van der Waals surface area contributed by atoms with Crippen molar-refractivity contribution in [3.05, 3.63) is 64.7 Å². The van der Waals surface area contributed by atoms with Gasteiger partial charge >= 0.3 is 0 Å². The van der Waals surface area contributed by atoms with Crippen LogP contribution < -0.4 is 9.62 Å². The van der Waals surface area contributed by atoms with Crippen molar-refractivity contribution in [1.29, 1.82) is 0 Å². The molecular formula is C24H33N3O3S. The van der Waals surface area contributed by atoms with Crippen LogP contribution in [0.15, 0.2) is 42.5 Å². The number of nitrogens with zero attached hydrogens (tertiary/aromatic N) is 2. The molecule has 0 aliphatic carbocycles. The number of anilines is 1. The summed E-state index contributed by atoms with van der Waals surface area (Å²) in [5.41, 5.74) is 4.81. The zero-order valence-electron chi connectivity index (χ0n) is 18.7. The summed E-state index contributed by atoms with van der Waals surface area (Å²) >= 11 is 0. The minimum atomic E-state index is -3.58. The average Bonchev–Trinajstić information content (AvgIpc) is 2.73. The number of amides is 1. The molecule has 0 aromatic heterocycles. The highest BCUT2D eigenvalue weighted by Gasteiger charge is 2.21. The number of aryl methyl sites for hydroxylation is 2. The number of hydrogen-bond acceptors (Lipinski definition) is 4. The SMILES string of the molecule is Cc1ccc(N(CC(=O)NCc2cccc(CN3CCCCC3)c2)S(C)(=O)=O)cc1C. The predicted molar refractivity (Wildman–Crippen MR) is 126 cm³/mol. The molecule has 3 rings (SSSR count). The number of piperidine rings is 1. The Hall–Kier alpha value is -2.38. The van der Waals surface area contributed by atoms with E-state index in [-0.39, 0.29) is 12.5 Å². The third-order valence-corrected chi connectivity index (χ3v) is 6.94. The monoisotopic (exact) mass is 443 g/mol. The van der Waals surface area contributed by atoms with E-state index in [9.17, 15) is 13.2 Å². The van der Waals surface area contributed by atoms with Crippen LogP contribution in [0.1, 0.15) is 41.5 Å². The quantitative estimate of drug-likeness (QED) is 0.679. The number of sulfonamides is 1. The number of benzene rings is 2. The van der Waals surface area contributed by atoms with Crippen LogP contribution in [-0.4, -0.2) is 45.1 Å². The summed E-state index contributed by atoms with van der Waals surface area (Å²) in [6.45, 7) is 7.23. The standard InChI is InChI=1S/C24H33N3O3S/c1-19-10-11-23(14-20(19)2)27(31(3,29)30)18-24(28)25-16-21-8-7-9-22(15-21)17-26-12-5-4-6-13-26/h7-11,14-15H,4-6,12-13,16-18H2,1-3H3,(H,25,28). The van der Waals surface area contributed by atoms with Crippen LogP contribution in [0.25, 0.3) is 0 Å². The number of hydrogen-bond donors (Lipinski definition) is 1. The second-order valence-corrected chi connectivity index (χ2v) is 10.4. The molecule has 1 aliphatic heterocycles. The first-order valence-electron chi connectivity index (χ1n) is 10.8. The molecule has 1 fully saturated rings. The van der Waals surface area contributed by atoms with E-state index in [1.165, 1.54) is 24.8 Å². The van der Waals surface area contributed by atoms with E-state index < -0.39 is 10.0 Å². The average molecular weight is 444 g/mol. The Bertz CT molecular complexity index is 1010. The van der Waals surface area contributed by atoms with E-state index in [0.29, 0.717) is 12.2 Å². The molecule has 1 N–H and O–H groups in total. The minimum absolute atomic E-state index is 0.241. The van der Waals surface area contributed by atoms with Gasteiger partial charge in [-0.05, 0) is 74.2 Å². The van der Waals surface area contributed by atoms with Crippen LogP contribution in [0.2, 0.25) is 0 Å². The van der Waals surface area contributed by atoms with Gasteiger partial charge in [-0.3, -0.25) is 14.0 Å². The molecule has 168 valence electrons. The molecule has 0 atom stereocenters. The van der Waals surface area contributed by atoms with Gasteiger partial charge in [0.1, 0.15) is 6.54 Å². The molecule has 2 aromatic rings. The Labute approximate surface area is 186 Å². The number of likely N-dealkylation sites (tertiary alicyclic amines) is 1. The van der Waals surface area contributed by atoms with Crippen molar-refractivity contribution in [3.8, 4) is 0 Å². The van der Waals surface area contributed by atoms with Crippen molar-refractivity contribution >= 4 is 21.6 Å². The summed E-state index contributed by atoms with van der Waals surface area (Å²) in [6.07, 6.45) is 4.95. The highest BCUT2D eigenvalue weighted by atomic mass is 32.2. The Morgan fingerprint density at radius 1 is 1.00 bits per heavy atom. The molecule has 1 heterocycles. The third kappa shape index (κ3) is 6.80. The summed E-state index contributed by atoms with van der Waals surface area (Å²) in [4.78, 5) is 15.0. The lowest BCUT2D eigenvalue weighted by Crippen LogP contribution is -2.40. The van der Waals surface area contributed by atoms with E-state index in [1.54, 1.807) is 12.1 Å². The molecule has 7 heteroatoms. The van der Waals surface area contributed by atoms with Crippen LogP contribution >= 0.6 is 0 Å². The van der Waals surface area contributed by atoms with Gasteiger partial charge in [0.2, 0.25) is 15.9 Å². The topological polar surface area (TPSA) is 69.7 Å². The maximum Gasteiger partial charge on any atom is 0.241 e. The zero-order chi connectivity index (χ0) is 22.4. The molecule has 0 saturated carbocycles. The summed E-state index contributed by atoms with van der Waals surface area (Å²) in [7, 11) is -3.58. The number of rotatable bonds is 8. The first kappa shape index (κ1) is 23.3. The molecular weight excluding hydrogens is 410 g/mol. The van der Waals surface area contributed by atoms with Crippen molar-refractivity contribution in [1.82, 2.24) is 10.2 Å². The van der Waals surface area contributed by atoms with Gasteiger partial charge in [-0.1, -0.05) is 36.8 Å². The lowest BCUT2D eigenvalue weighted by molar-refractivity contribution is -0.119. The van der Waals surface area contributed by atoms with Crippen molar-refractivity contribution in [3.63, 3.8) is 0 Å². The zero-order valence-corrected chi connectivity index (χ0v) is 19.5. The Balaban J connectivity index is 1.61. The van der Waals surface area contributed by atoms with E-state index in [4.69, 9.17) is 0 Å². The van der Waals surface area contributed by atoms with Gasteiger partial charge in [-0.15, -0.1) is 0 Å². The molecule has 0 spiro atoms. The molecule has 2 aromatic carbocycles. The lowest BCUT2D eigenvalue weighted by atomic mass is 10.1. The molecule has 6 nitrogen and oxygen atoms in total. The smallest absolute Gasteiger partial charge is 0.241 e. The molecule has 1 saturated heterocycles. The minimum Gasteiger partial charge on any atom is -0.350 e. The van der Waals surface area contributed by atoms with Crippen LogP contribution in [-0.2, 0) is 27.9 Å². The maximum atomic E-state index is 12.6. The van der Waals surface area contributed by atoms with E-state index in [1.807, 2.05) is 32.0 Å². The highest BCUT2D eigenvalue weighted by Crippen LogP contribution is 2.21. The largest absolute Gasteiger partial charge is 0.350 e. The fourth-order valence-electron chi connectivity index (χ4n) is 3.88. The Morgan fingerprint density at radius 2 is 1.71 bits per heavy atom. The molecule has 0 unspecified atom stereocenters.